The Morgan fingerprint density at radius 3 is 1.26 bits per heavy atom. The maximum Gasteiger partial charge on any atom is 0.303 e. The van der Waals surface area contributed by atoms with Crippen LogP contribution in [0.1, 0.15) is 70.4 Å². The Hall–Kier alpha value is -4.14. The van der Waals surface area contributed by atoms with E-state index in [0.717, 1.165) is 40.4 Å². The zero-order valence-electron chi connectivity index (χ0n) is 63.4. The molecule has 0 radical (unpaired) electrons. The zero-order valence-corrected chi connectivity index (χ0v) is 65.0. The lowest BCUT2D eigenvalue weighted by atomic mass is 9.76. The number of anilines is 1. The van der Waals surface area contributed by atoms with Gasteiger partial charge in [-0.2, -0.15) is 8.91 Å². The molecule has 2 heterocycles. The van der Waals surface area contributed by atoms with Crippen molar-refractivity contribution in [2.75, 3.05) is 283 Å². The van der Waals surface area contributed by atoms with E-state index < -0.39 is 26.9 Å². The summed E-state index contributed by atoms with van der Waals surface area (Å²) in [5.41, 5.74) is 3.49. The van der Waals surface area contributed by atoms with Crippen molar-refractivity contribution in [2.45, 2.75) is 79.9 Å². The number of methoxy groups -OCH3 is 2. The van der Waals surface area contributed by atoms with E-state index in [0.29, 0.717) is 267 Å². The number of carbonyl (C=O) groups is 1. The summed E-state index contributed by atoms with van der Waals surface area (Å²) in [6, 6.07) is 10.2. The quantitative estimate of drug-likeness (QED) is 0.0154. The van der Waals surface area contributed by atoms with Crippen LogP contribution in [0.4, 0.5) is 11.4 Å². The molecule has 0 amide bonds. The van der Waals surface area contributed by atoms with Crippen LogP contribution in [0.5, 0.6) is 0 Å². The minimum absolute atomic E-state index is 0.0621. The number of nitrogens with zero attached hydrogens (tertiary/aromatic N) is 2. The van der Waals surface area contributed by atoms with Crippen LogP contribution in [-0.2, 0) is 140 Å². The van der Waals surface area contributed by atoms with Gasteiger partial charge in [0.2, 0.25) is 5.69 Å². The van der Waals surface area contributed by atoms with Crippen molar-refractivity contribution < 1.29 is 147 Å². The van der Waals surface area contributed by atoms with Crippen LogP contribution in [0.3, 0.4) is 0 Å². The first-order valence-corrected chi connectivity index (χ1v) is 38.8. The van der Waals surface area contributed by atoms with E-state index in [9.17, 15) is 28.1 Å². The van der Waals surface area contributed by atoms with Crippen LogP contribution in [0.2, 0.25) is 0 Å². The third kappa shape index (κ3) is 41.8. The molecule has 2 aliphatic rings. The van der Waals surface area contributed by atoms with Gasteiger partial charge >= 0.3 is 5.97 Å². The topological polar surface area (TPSA) is 345 Å². The minimum atomic E-state index is -4.79. The molecule has 2 aromatic carbocycles. The van der Waals surface area contributed by atoms with Crippen LogP contribution in [0.15, 0.2) is 82.3 Å². The summed E-state index contributed by atoms with van der Waals surface area (Å²) in [5.74, 6) is -0.852. The molecule has 4 rings (SSSR count). The molecule has 107 heavy (non-hydrogen) atoms. The van der Waals surface area contributed by atoms with Crippen LogP contribution in [-0.4, -0.2) is 313 Å². The lowest BCUT2D eigenvalue weighted by molar-refractivity contribution is -0.777. The van der Waals surface area contributed by atoms with Gasteiger partial charge < -0.3 is 105 Å². The molecule has 2 aliphatic heterocycles. The second kappa shape index (κ2) is 62.4. The van der Waals surface area contributed by atoms with Crippen molar-refractivity contribution >= 4 is 45.2 Å². The summed E-state index contributed by atoms with van der Waals surface area (Å²) in [5, 5.41) is 24.0. The molecule has 2 atom stereocenters. The molecule has 2 aromatic rings. The highest BCUT2D eigenvalue weighted by Gasteiger charge is 2.48. The van der Waals surface area contributed by atoms with Gasteiger partial charge in [-0.25, -0.2) is 28.0 Å². The summed E-state index contributed by atoms with van der Waals surface area (Å²) in [4.78, 5) is 36.3. The number of aliphatic carboxylic acids is 1. The van der Waals surface area contributed by atoms with Crippen LogP contribution >= 0.6 is 12.0 Å². The molecule has 1 N–H and O–H groups in total. The SMILES string of the molecule is CCN1C(=CC=CC=CC2=[N+](CCCCCC(=O)O)c3ccc(SOO[O-])cc3C2(C)CCOOCCOCCOCCOCCOCCOCCOCCOCCOCCOC)C(C)(CCOOCCOCCOCCOCCOCCOCCOCCOCCOCCOC)c2cc(S(=O)(=O)[O-])ccc21. The van der Waals surface area contributed by atoms with Gasteiger partial charge in [0.25, 0.3) is 0 Å². The molecule has 0 aromatic heterocycles. The largest absolute Gasteiger partial charge is 0.744 e. The Morgan fingerprint density at radius 2 is 0.879 bits per heavy atom. The second-order valence-corrected chi connectivity index (χ2v) is 26.2. The first-order chi connectivity index (χ1) is 52.3. The van der Waals surface area contributed by atoms with E-state index in [1.165, 1.54) is 12.1 Å². The standard InChI is InChI=1S/C73H120N2O30S2/c1-6-74-67-19-17-64(107(79,80)81)62-66(67)73(3,21-24-101-103-60-58-99-56-54-97-52-50-95-48-46-93-44-42-91-40-38-89-36-34-87-32-30-85-28-26-83-5)69(74)13-9-7-10-14-70-72(2,65-61-63(106-105-104-78)16-18-68(65)75(70)22-12-8-11-15-71(76)77)20-23-100-102-59-57-98-55-53-96-51-49-94-47-45-92-43-41-90-39-37-88-35-33-86-31-29-84-27-25-82-4/h7,9-10,13-14,16-19,61-62H,6,8,11-12,15,20-60H2,1-5H3,(H2-,76,77,78,79,80,81)/p-1. The fourth-order valence-electron chi connectivity index (χ4n) is 11.0. The van der Waals surface area contributed by atoms with Crippen molar-refractivity contribution in [3.63, 3.8) is 0 Å². The molecule has 614 valence electrons. The van der Waals surface area contributed by atoms with Crippen molar-refractivity contribution in [3.8, 4) is 0 Å². The Bertz CT molecular complexity index is 2830. The average Bonchev–Trinajstić information content (AvgIpc) is 1.59. The van der Waals surface area contributed by atoms with E-state index >= 15 is 0 Å². The normalized spacial score (nSPS) is 16.3. The molecule has 0 saturated carbocycles. The minimum Gasteiger partial charge on any atom is -0.744 e. The summed E-state index contributed by atoms with van der Waals surface area (Å²) in [6.45, 7) is 22.9. The Morgan fingerprint density at radius 1 is 0.486 bits per heavy atom. The molecule has 0 spiro atoms. The second-order valence-electron chi connectivity index (χ2n) is 24.0. The maximum atomic E-state index is 12.4. The first kappa shape index (κ1) is 95.2. The number of hydrogen-bond acceptors (Lipinski definition) is 31. The third-order valence-electron chi connectivity index (χ3n) is 16.4. The number of likely N-dealkylation sites (N-methyl/N-ethyl adjacent to an activating group) is 1. The highest BCUT2D eigenvalue weighted by Crippen LogP contribution is 2.51. The monoisotopic (exact) mass is 1570 g/mol. The highest BCUT2D eigenvalue weighted by atomic mass is 32.2. The lowest BCUT2D eigenvalue weighted by Gasteiger charge is -2.29. The maximum absolute atomic E-state index is 12.4. The smallest absolute Gasteiger partial charge is 0.303 e. The van der Waals surface area contributed by atoms with E-state index in [2.05, 4.69) is 21.4 Å². The van der Waals surface area contributed by atoms with Crippen LogP contribution in [0, 0.1) is 0 Å². The van der Waals surface area contributed by atoms with Crippen molar-refractivity contribution in [1.82, 2.24) is 0 Å². The average molecular weight is 1570 g/mol. The van der Waals surface area contributed by atoms with E-state index in [-0.39, 0.29) is 51.0 Å². The highest BCUT2D eigenvalue weighted by molar-refractivity contribution is 7.94. The summed E-state index contributed by atoms with van der Waals surface area (Å²) in [7, 11) is -1.53. The summed E-state index contributed by atoms with van der Waals surface area (Å²) < 4.78 is 142. The Labute approximate surface area is 636 Å². The Kier molecular flexibility index (Phi) is 55.5. The molecule has 32 nitrogen and oxygen atoms in total. The molecular formula is C73H119N2O30S2-. The van der Waals surface area contributed by atoms with Gasteiger partial charge in [0.1, 0.15) is 29.9 Å². The third-order valence-corrected chi connectivity index (χ3v) is 17.8. The molecule has 34 heteroatoms. The molecule has 0 bridgehead atoms. The van der Waals surface area contributed by atoms with Gasteiger partial charge in [-0.3, -0.25) is 9.83 Å². The van der Waals surface area contributed by atoms with Crippen molar-refractivity contribution in [2.24, 2.45) is 0 Å². The van der Waals surface area contributed by atoms with E-state index in [1.54, 1.807) is 20.3 Å². The molecular weight excluding hydrogens is 1450 g/mol. The summed E-state index contributed by atoms with van der Waals surface area (Å²) in [6.07, 6.45) is 12.5. The first-order valence-electron chi connectivity index (χ1n) is 36.6. The van der Waals surface area contributed by atoms with Crippen LogP contribution < -0.4 is 10.2 Å². The molecule has 2 unspecified atom stereocenters. The van der Waals surface area contributed by atoms with Crippen molar-refractivity contribution in [3.05, 3.63) is 83.6 Å². The fourth-order valence-corrected chi connectivity index (χ4v) is 11.9. The van der Waals surface area contributed by atoms with Gasteiger partial charge in [-0.15, -0.1) is 0 Å². The number of benzene rings is 2. The number of allylic oxidation sites excluding steroid dienone is 6. The lowest BCUT2D eigenvalue weighted by Crippen LogP contribution is -2.33. The molecule has 0 aliphatic carbocycles. The number of rotatable bonds is 76. The van der Waals surface area contributed by atoms with E-state index in [4.69, 9.17) is 109 Å². The predicted molar refractivity (Wildman–Crippen MR) is 389 cm³/mol. The number of fused-ring (bicyclic) bond motifs is 2. The van der Waals surface area contributed by atoms with E-state index in [1.807, 2.05) is 62.4 Å². The van der Waals surface area contributed by atoms with Gasteiger partial charge in [-0.05, 0) is 88.4 Å². The number of ether oxygens (including phenoxy) is 18. The zero-order chi connectivity index (χ0) is 76.8. The molecule has 0 saturated heterocycles. The number of carboxylic acids is 1. The Balaban J connectivity index is 1.21. The van der Waals surface area contributed by atoms with Gasteiger partial charge in [0, 0.05) is 73.0 Å². The van der Waals surface area contributed by atoms with Crippen molar-refractivity contribution in [1.29, 1.82) is 0 Å². The number of hydrogen-bond donors (Lipinski definition) is 1. The predicted octanol–water partition coefficient (Wildman–Crippen LogP) is 5.85. The number of unbranched alkanes of at least 4 members (excludes halogenated alkanes) is 2. The van der Waals surface area contributed by atoms with Crippen LogP contribution in [0.25, 0.3) is 0 Å². The van der Waals surface area contributed by atoms with Gasteiger partial charge in [0.15, 0.2) is 5.71 Å². The van der Waals surface area contributed by atoms with Gasteiger partial charge in [0.05, 0.1) is 260 Å². The fraction of sp³-hybridized carbons (Fsp3) is 0.726. The summed E-state index contributed by atoms with van der Waals surface area (Å²) >= 11 is 0.786. The van der Waals surface area contributed by atoms with Gasteiger partial charge in [-0.1, -0.05) is 18.2 Å². The number of carboxylic acid groups (broad SMARTS) is 1. The molecule has 0 fully saturated rings.